The molecule has 1 atom stereocenters. The van der Waals surface area contributed by atoms with Gasteiger partial charge in [0.15, 0.2) is 0 Å². The molecule has 0 radical (unpaired) electrons. The molecule has 0 fully saturated rings. The van der Waals surface area contributed by atoms with Crippen molar-refractivity contribution in [2.75, 3.05) is 7.05 Å². The Morgan fingerprint density at radius 1 is 1.18 bits per heavy atom. The third kappa shape index (κ3) is 3.16. The first-order chi connectivity index (χ1) is 8.02. The van der Waals surface area contributed by atoms with E-state index in [1.165, 1.54) is 10.4 Å². The first-order valence-corrected chi connectivity index (χ1v) is 8.98. The van der Waals surface area contributed by atoms with Crippen molar-refractivity contribution in [2.45, 2.75) is 6.04 Å². The normalized spacial score (nSPS) is 13.0. The topological polar surface area (TPSA) is 12.0 Å². The molecule has 2 aromatic rings. The predicted molar refractivity (Wildman–Crippen MR) is 87.7 cm³/mol. The summed E-state index contributed by atoms with van der Waals surface area (Å²) in [4.78, 5) is 1.19. The highest BCUT2D eigenvalue weighted by Crippen LogP contribution is 2.42. The van der Waals surface area contributed by atoms with Crippen LogP contribution in [0.1, 0.15) is 16.5 Å². The van der Waals surface area contributed by atoms with E-state index in [4.69, 9.17) is 11.6 Å². The van der Waals surface area contributed by atoms with Crippen LogP contribution in [0.2, 0.25) is 5.02 Å². The van der Waals surface area contributed by atoms with E-state index in [0.717, 1.165) is 16.4 Å². The minimum Gasteiger partial charge on any atom is -0.309 e. The average Bonchev–Trinajstić information content (AvgIpc) is 2.74. The monoisotopic (exact) mass is 477 g/mol. The molecule has 0 aliphatic rings. The Morgan fingerprint density at radius 3 is 2.29 bits per heavy atom. The maximum atomic E-state index is 6.08. The molecule has 1 N–H and O–H groups in total. The van der Waals surface area contributed by atoms with Gasteiger partial charge in [-0.25, -0.2) is 0 Å². The van der Waals surface area contributed by atoms with Crippen LogP contribution in [0.3, 0.4) is 0 Å². The summed E-state index contributed by atoms with van der Waals surface area (Å²) in [5, 5.41) is 4.08. The summed E-state index contributed by atoms with van der Waals surface area (Å²) in [5.74, 6) is 0. The highest BCUT2D eigenvalue weighted by Gasteiger charge is 2.20. The first-order valence-electron chi connectivity index (χ1n) is 4.59. The van der Waals surface area contributed by atoms with Gasteiger partial charge in [-0.15, -0.1) is 22.7 Å². The van der Waals surface area contributed by atoms with E-state index in [1.807, 2.05) is 13.1 Å². The molecule has 2 rings (SSSR count). The molecule has 7 heteroatoms. The zero-order valence-electron chi connectivity index (χ0n) is 8.56. The molecule has 2 heterocycles. The summed E-state index contributed by atoms with van der Waals surface area (Å²) in [6.07, 6.45) is 0. The molecule has 0 spiro atoms. The fourth-order valence-electron chi connectivity index (χ4n) is 1.51. The van der Waals surface area contributed by atoms with Gasteiger partial charge in [-0.3, -0.25) is 0 Å². The van der Waals surface area contributed by atoms with Crippen LogP contribution >= 0.6 is 82.1 Å². The van der Waals surface area contributed by atoms with Gasteiger partial charge in [-0.2, -0.15) is 0 Å². The lowest BCUT2D eigenvalue weighted by Crippen LogP contribution is -2.16. The second kappa shape index (κ2) is 6.03. The molecule has 0 aliphatic heterocycles. The van der Waals surface area contributed by atoms with Gasteiger partial charge in [0, 0.05) is 10.4 Å². The minimum absolute atomic E-state index is 0.153. The molecule has 0 aliphatic carbocycles. The molecule has 0 saturated heterocycles. The number of rotatable bonds is 3. The lowest BCUT2D eigenvalue weighted by atomic mass is 10.1. The minimum atomic E-state index is 0.153. The van der Waals surface area contributed by atoms with Gasteiger partial charge in [-0.1, -0.05) is 11.6 Å². The van der Waals surface area contributed by atoms with Crippen molar-refractivity contribution in [3.63, 3.8) is 0 Å². The largest absolute Gasteiger partial charge is 0.309 e. The van der Waals surface area contributed by atoms with Crippen LogP contribution in [0.5, 0.6) is 0 Å². The van der Waals surface area contributed by atoms with Gasteiger partial charge < -0.3 is 5.32 Å². The van der Waals surface area contributed by atoms with Gasteiger partial charge in [0.2, 0.25) is 0 Å². The number of halogens is 4. The molecule has 17 heavy (non-hydrogen) atoms. The predicted octanol–water partition coefficient (Wildman–Crippen LogP) is 6.06. The summed E-state index contributed by atoms with van der Waals surface area (Å²) in [6.45, 7) is 0. The van der Waals surface area contributed by atoms with E-state index in [2.05, 4.69) is 59.2 Å². The SMILES string of the molecule is CNC(c1cc(Cl)c(Br)s1)c1cc(Br)sc1Br. The third-order valence-electron chi connectivity index (χ3n) is 2.23. The Bertz CT molecular complexity index is 518. The van der Waals surface area contributed by atoms with Gasteiger partial charge in [0.05, 0.1) is 22.4 Å². The van der Waals surface area contributed by atoms with E-state index in [1.54, 1.807) is 22.7 Å². The van der Waals surface area contributed by atoms with E-state index in [0.29, 0.717) is 0 Å². The second-order valence-electron chi connectivity index (χ2n) is 3.27. The average molecular weight is 480 g/mol. The smallest absolute Gasteiger partial charge is 0.0888 e. The molecule has 92 valence electrons. The molecule has 1 unspecified atom stereocenters. The summed E-state index contributed by atoms with van der Waals surface area (Å²) < 4.78 is 3.21. The fourth-order valence-corrected chi connectivity index (χ4v) is 6.28. The molecular formula is C10H7Br3ClNS2. The molecule has 0 aromatic carbocycles. The van der Waals surface area contributed by atoms with E-state index >= 15 is 0 Å². The Kier molecular flexibility index (Phi) is 5.14. The van der Waals surface area contributed by atoms with Crippen molar-refractivity contribution in [1.82, 2.24) is 5.32 Å². The second-order valence-corrected chi connectivity index (χ2v) is 9.83. The molecular weight excluding hydrogens is 473 g/mol. The van der Waals surface area contributed by atoms with Gasteiger partial charge in [0.25, 0.3) is 0 Å². The Morgan fingerprint density at radius 2 is 1.88 bits per heavy atom. The van der Waals surface area contributed by atoms with E-state index in [9.17, 15) is 0 Å². The molecule has 1 nitrogen and oxygen atoms in total. The fraction of sp³-hybridized carbons (Fsp3) is 0.200. The van der Waals surface area contributed by atoms with Crippen LogP contribution < -0.4 is 5.32 Å². The van der Waals surface area contributed by atoms with Crippen LogP contribution in [-0.4, -0.2) is 7.05 Å². The standard InChI is InChI=1S/C10H7Br3ClNS2/c1-15-8(4-2-7(11)17-9(4)12)6-3-5(14)10(13)16-6/h2-3,8,15H,1H3. The Labute approximate surface area is 138 Å². The van der Waals surface area contributed by atoms with E-state index in [-0.39, 0.29) is 6.04 Å². The third-order valence-corrected chi connectivity index (χ3v) is 7.16. The lowest BCUT2D eigenvalue weighted by molar-refractivity contribution is 0.704. The van der Waals surface area contributed by atoms with Crippen LogP contribution in [0.4, 0.5) is 0 Å². The Hall–Kier alpha value is 1.09. The van der Waals surface area contributed by atoms with Crippen molar-refractivity contribution >= 4 is 82.1 Å². The number of nitrogens with one attached hydrogen (secondary N) is 1. The number of hydrogen-bond acceptors (Lipinski definition) is 3. The van der Waals surface area contributed by atoms with Crippen molar-refractivity contribution in [3.8, 4) is 0 Å². The highest BCUT2D eigenvalue weighted by molar-refractivity contribution is 9.12. The van der Waals surface area contributed by atoms with Crippen molar-refractivity contribution < 1.29 is 0 Å². The quantitative estimate of drug-likeness (QED) is 0.563. The summed E-state index contributed by atoms with van der Waals surface area (Å²) in [6, 6.07) is 4.27. The Balaban J connectivity index is 2.43. The molecule has 0 saturated carbocycles. The summed E-state index contributed by atoms with van der Waals surface area (Å²) in [5.41, 5.74) is 1.22. The van der Waals surface area contributed by atoms with Crippen LogP contribution in [0.25, 0.3) is 0 Å². The van der Waals surface area contributed by atoms with Gasteiger partial charge in [-0.05, 0) is 67.0 Å². The zero-order valence-corrected chi connectivity index (χ0v) is 15.7. The van der Waals surface area contributed by atoms with Crippen molar-refractivity contribution in [1.29, 1.82) is 0 Å². The van der Waals surface area contributed by atoms with Crippen LogP contribution in [0, 0.1) is 0 Å². The van der Waals surface area contributed by atoms with Crippen LogP contribution in [-0.2, 0) is 0 Å². The number of hydrogen-bond donors (Lipinski definition) is 1. The summed E-state index contributed by atoms with van der Waals surface area (Å²) in [7, 11) is 1.95. The molecule has 0 bridgehead atoms. The number of thiophene rings is 2. The molecule has 0 amide bonds. The maximum absolute atomic E-state index is 6.08. The van der Waals surface area contributed by atoms with Crippen molar-refractivity contribution in [3.05, 3.63) is 39.0 Å². The van der Waals surface area contributed by atoms with Crippen LogP contribution in [0.15, 0.2) is 23.5 Å². The maximum Gasteiger partial charge on any atom is 0.0888 e. The zero-order chi connectivity index (χ0) is 12.6. The highest BCUT2D eigenvalue weighted by atomic mass is 79.9. The van der Waals surface area contributed by atoms with Gasteiger partial charge >= 0.3 is 0 Å². The first kappa shape index (κ1) is 14.5. The lowest BCUT2D eigenvalue weighted by Gasteiger charge is -2.13. The van der Waals surface area contributed by atoms with E-state index < -0.39 is 0 Å². The van der Waals surface area contributed by atoms with Gasteiger partial charge in [0.1, 0.15) is 0 Å². The molecule has 2 aromatic heterocycles. The summed E-state index contributed by atoms with van der Waals surface area (Å²) >= 11 is 19.9. The van der Waals surface area contributed by atoms with Crippen molar-refractivity contribution in [2.24, 2.45) is 0 Å².